The highest BCUT2D eigenvalue weighted by Crippen LogP contribution is 2.16. The van der Waals surface area contributed by atoms with E-state index in [0.717, 1.165) is 19.0 Å². The van der Waals surface area contributed by atoms with Crippen molar-refractivity contribution in [2.45, 2.75) is 38.6 Å². The van der Waals surface area contributed by atoms with Crippen molar-refractivity contribution in [3.63, 3.8) is 0 Å². The minimum Gasteiger partial charge on any atom is -0.317 e. The van der Waals surface area contributed by atoms with Crippen molar-refractivity contribution >= 4 is 0 Å². The summed E-state index contributed by atoms with van der Waals surface area (Å²) in [6.07, 6.45) is 5.13. The highest BCUT2D eigenvalue weighted by molar-refractivity contribution is 4.73. The molecule has 2 heteroatoms. The molecule has 0 aromatic heterocycles. The Labute approximate surface area is 75.4 Å². The molecule has 1 atom stereocenters. The van der Waals surface area contributed by atoms with Gasteiger partial charge >= 0.3 is 0 Å². The topological polar surface area (TPSA) is 7.60 Å². The fraction of sp³-hybridized carbons (Fsp3) is 0.900. The van der Waals surface area contributed by atoms with Crippen LogP contribution < -0.4 is 0 Å². The van der Waals surface area contributed by atoms with Gasteiger partial charge in [-0.2, -0.15) is 0 Å². The zero-order chi connectivity index (χ0) is 8.81. The van der Waals surface area contributed by atoms with Gasteiger partial charge in [-0.15, -0.1) is 0 Å². The normalized spacial score (nSPS) is 25.2. The summed E-state index contributed by atoms with van der Waals surface area (Å²) in [5, 5.41) is 0. The predicted octanol–water partition coefficient (Wildman–Crippen LogP) is 2.17. The fourth-order valence-corrected chi connectivity index (χ4v) is 1.84. The van der Waals surface area contributed by atoms with E-state index >= 15 is 0 Å². The number of hydrogen-bond donors (Lipinski definition) is 0. The van der Waals surface area contributed by atoms with Gasteiger partial charge in [0.05, 0.1) is 0 Å². The van der Waals surface area contributed by atoms with Crippen LogP contribution in [-0.2, 0) is 0 Å². The first-order chi connectivity index (χ1) is 5.84. The molecule has 0 radical (unpaired) electrons. The summed E-state index contributed by atoms with van der Waals surface area (Å²) in [7, 11) is 0. The van der Waals surface area contributed by atoms with Gasteiger partial charge in [-0.1, -0.05) is 6.42 Å². The molecule has 0 aromatic carbocycles. The maximum absolute atomic E-state index is 6.68. The molecule has 1 aliphatic rings. The number of nitrogens with zero attached hydrogens (tertiary/aromatic N) is 2. The van der Waals surface area contributed by atoms with Crippen LogP contribution in [-0.4, -0.2) is 30.6 Å². The highest BCUT2D eigenvalue weighted by Gasteiger charge is 2.17. The monoisotopic (exact) mass is 166 g/mol. The first-order valence-corrected chi connectivity index (χ1v) is 4.92. The third kappa shape index (κ3) is 2.83. The molecule has 0 amide bonds. The van der Waals surface area contributed by atoms with Crippen LogP contribution in [0, 0.1) is 6.57 Å². The fourth-order valence-electron chi connectivity index (χ4n) is 1.84. The van der Waals surface area contributed by atoms with Gasteiger partial charge in [-0.05, 0) is 26.3 Å². The Bertz CT molecular complexity index is 160. The lowest BCUT2D eigenvalue weighted by molar-refractivity contribution is 0.161. The standard InChI is InChI=1S/C10H18N2/c1-10-6-3-4-8-12(10)9-5-7-11-2/h10H,3-9H2,1H3. The Morgan fingerprint density at radius 2 is 2.33 bits per heavy atom. The molecule has 1 aliphatic heterocycles. The van der Waals surface area contributed by atoms with E-state index in [0.29, 0.717) is 6.54 Å². The quantitative estimate of drug-likeness (QED) is 0.460. The maximum Gasteiger partial charge on any atom is 0.215 e. The number of piperidine rings is 1. The van der Waals surface area contributed by atoms with Gasteiger partial charge < -0.3 is 9.74 Å². The molecule has 1 fully saturated rings. The van der Waals surface area contributed by atoms with Crippen molar-refractivity contribution in [1.29, 1.82) is 0 Å². The molecular weight excluding hydrogens is 148 g/mol. The summed E-state index contributed by atoms with van der Waals surface area (Å²) in [5.74, 6) is 0. The van der Waals surface area contributed by atoms with Crippen LogP contribution in [0.15, 0.2) is 0 Å². The average Bonchev–Trinajstić information content (AvgIpc) is 2.09. The van der Waals surface area contributed by atoms with E-state index < -0.39 is 0 Å². The number of likely N-dealkylation sites (tertiary alicyclic amines) is 1. The van der Waals surface area contributed by atoms with Crippen LogP contribution in [0.3, 0.4) is 0 Å². The Morgan fingerprint density at radius 1 is 1.50 bits per heavy atom. The average molecular weight is 166 g/mol. The smallest absolute Gasteiger partial charge is 0.215 e. The van der Waals surface area contributed by atoms with Crippen molar-refractivity contribution < 1.29 is 0 Å². The molecule has 1 saturated heterocycles. The summed E-state index contributed by atoms with van der Waals surface area (Å²) >= 11 is 0. The zero-order valence-electron chi connectivity index (χ0n) is 7.92. The van der Waals surface area contributed by atoms with Crippen molar-refractivity contribution in [2.24, 2.45) is 0 Å². The number of hydrogen-bond acceptors (Lipinski definition) is 1. The number of rotatable bonds is 3. The van der Waals surface area contributed by atoms with Crippen LogP contribution >= 0.6 is 0 Å². The second-order valence-corrected chi connectivity index (χ2v) is 3.62. The Morgan fingerprint density at radius 3 is 3.00 bits per heavy atom. The van der Waals surface area contributed by atoms with E-state index in [9.17, 15) is 0 Å². The van der Waals surface area contributed by atoms with E-state index in [1.165, 1.54) is 25.8 Å². The zero-order valence-corrected chi connectivity index (χ0v) is 7.92. The van der Waals surface area contributed by atoms with E-state index in [2.05, 4.69) is 16.7 Å². The Balaban J connectivity index is 2.16. The molecule has 1 unspecified atom stereocenters. The minimum atomic E-state index is 0.698. The molecule has 1 heterocycles. The lowest BCUT2D eigenvalue weighted by Gasteiger charge is -2.32. The molecule has 2 nitrogen and oxygen atoms in total. The second-order valence-electron chi connectivity index (χ2n) is 3.62. The van der Waals surface area contributed by atoms with Gasteiger partial charge in [-0.3, -0.25) is 0 Å². The summed E-state index contributed by atoms with van der Waals surface area (Å²) < 4.78 is 0. The van der Waals surface area contributed by atoms with Crippen LogP contribution in [0.1, 0.15) is 32.6 Å². The van der Waals surface area contributed by atoms with E-state index in [1.807, 2.05) is 0 Å². The van der Waals surface area contributed by atoms with Crippen LogP contribution in [0.5, 0.6) is 0 Å². The molecule has 0 saturated carbocycles. The maximum atomic E-state index is 6.68. The molecule has 0 bridgehead atoms. The third-order valence-electron chi connectivity index (χ3n) is 2.66. The van der Waals surface area contributed by atoms with Gasteiger partial charge in [0.25, 0.3) is 0 Å². The summed E-state index contributed by atoms with van der Waals surface area (Å²) in [5.41, 5.74) is 0. The van der Waals surface area contributed by atoms with Gasteiger partial charge in [0.1, 0.15) is 0 Å². The van der Waals surface area contributed by atoms with Gasteiger partial charge in [0, 0.05) is 19.0 Å². The largest absolute Gasteiger partial charge is 0.317 e. The van der Waals surface area contributed by atoms with Crippen LogP contribution in [0.25, 0.3) is 4.85 Å². The SMILES string of the molecule is [C-]#[N+]CCCN1CCCCC1C. The lowest BCUT2D eigenvalue weighted by atomic mass is 10.0. The van der Waals surface area contributed by atoms with Gasteiger partial charge in [0.15, 0.2) is 0 Å². The summed E-state index contributed by atoms with van der Waals surface area (Å²) in [4.78, 5) is 5.89. The molecule has 0 aliphatic carbocycles. The molecule has 0 aromatic rings. The second kappa shape index (κ2) is 5.16. The first kappa shape index (κ1) is 9.54. The van der Waals surface area contributed by atoms with E-state index in [-0.39, 0.29) is 0 Å². The van der Waals surface area contributed by atoms with Gasteiger partial charge in [-0.25, -0.2) is 6.57 Å². The molecule has 0 spiro atoms. The van der Waals surface area contributed by atoms with Crippen molar-refractivity contribution in [3.05, 3.63) is 11.4 Å². The Hall–Kier alpha value is -0.550. The Kier molecular flexibility index (Phi) is 4.10. The molecule has 68 valence electrons. The van der Waals surface area contributed by atoms with Crippen molar-refractivity contribution in [1.82, 2.24) is 4.90 Å². The van der Waals surface area contributed by atoms with E-state index in [4.69, 9.17) is 6.57 Å². The molecule has 1 rings (SSSR count). The first-order valence-electron chi connectivity index (χ1n) is 4.92. The molecular formula is C10H18N2. The van der Waals surface area contributed by atoms with Crippen LogP contribution in [0.4, 0.5) is 0 Å². The van der Waals surface area contributed by atoms with Gasteiger partial charge in [0.2, 0.25) is 6.54 Å². The van der Waals surface area contributed by atoms with Crippen molar-refractivity contribution in [2.75, 3.05) is 19.6 Å². The lowest BCUT2D eigenvalue weighted by Crippen LogP contribution is -2.38. The molecule has 12 heavy (non-hydrogen) atoms. The summed E-state index contributed by atoms with van der Waals surface area (Å²) in [6.45, 7) is 12.1. The van der Waals surface area contributed by atoms with E-state index in [1.54, 1.807) is 0 Å². The highest BCUT2D eigenvalue weighted by atomic mass is 15.2. The third-order valence-corrected chi connectivity index (χ3v) is 2.66. The minimum absolute atomic E-state index is 0.698. The summed E-state index contributed by atoms with van der Waals surface area (Å²) in [6, 6.07) is 0.754. The van der Waals surface area contributed by atoms with Crippen molar-refractivity contribution in [3.8, 4) is 0 Å². The van der Waals surface area contributed by atoms with Crippen LogP contribution in [0.2, 0.25) is 0 Å². The predicted molar refractivity (Wildman–Crippen MR) is 51.0 cm³/mol. The molecule has 0 N–H and O–H groups in total.